The predicted octanol–water partition coefficient (Wildman–Crippen LogP) is 2.13. The number of ketones is 1. The number of carbonyl (C=O) groups is 2. The number of phenolic OH excluding ortho intramolecular Hbond substituents is 1. The zero-order valence-corrected chi connectivity index (χ0v) is 16.3. The molecule has 1 unspecified atom stereocenters. The first-order valence-electron chi connectivity index (χ1n) is 9.42. The largest absolute Gasteiger partial charge is 0.507 e. The van der Waals surface area contributed by atoms with Crippen molar-refractivity contribution >= 4 is 11.8 Å². The van der Waals surface area contributed by atoms with Gasteiger partial charge in [-0.15, -0.1) is 0 Å². The van der Waals surface area contributed by atoms with Crippen LogP contribution in [0.15, 0.2) is 30.5 Å². The molecule has 2 aliphatic heterocycles. The van der Waals surface area contributed by atoms with Crippen LogP contribution < -0.4 is 0 Å². The fourth-order valence-corrected chi connectivity index (χ4v) is 3.87. The van der Waals surface area contributed by atoms with E-state index in [0.717, 1.165) is 0 Å². The molecule has 0 spiro atoms. The maximum absolute atomic E-state index is 13.0. The quantitative estimate of drug-likeness (QED) is 0.618. The Morgan fingerprint density at radius 3 is 2.66 bits per heavy atom. The number of aryl methyl sites for hydroxylation is 1. The summed E-state index contributed by atoms with van der Waals surface area (Å²) in [6, 6.07) is 6.14. The van der Waals surface area contributed by atoms with Gasteiger partial charge in [0, 0.05) is 30.5 Å². The first kappa shape index (κ1) is 19.5. The van der Waals surface area contributed by atoms with Gasteiger partial charge in [-0.25, -0.2) is 9.69 Å². The van der Waals surface area contributed by atoms with Crippen molar-refractivity contribution in [1.82, 2.24) is 9.88 Å². The van der Waals surface area contributed by atoms with Crippen molar-refractivity contribution in [1.29, 1.82) is 0 Å². The second-order valence-corrected chi connectivity index (χ2v) is 7.05. The highest BCUT2D eigenvalue weighted by Gasteiger charge is 2.52. The molecule has 29 heavy (non-hydrogen) atoms. The van der Waals surface area contributed by atoms with Crippen LogP contribution in [0.2, 0.25) is 0 Å². The van der Waals surface area contributed by atoms with Crippen LogP contribution in [0.3, 0.4) is 0 Å². The second-order valence-electron chi connectivity index (χ2n) is 7.05. The van der Waals surface area contributed by atoms with Crippen molar-refractivity contribution in [2.75, 3.05) is 26.3 Å². The summed E-state index contributed by atoms with van der Waals surface area (Å²) in [6.45, 7) is 5.12. The summed E-state index contributed by atoms with van der Waals surface area (Å²) in [6.07, 6.45) is 1.65. The first-order valence-corrected chi connectivity index (χ1v) is 9.42. The monoisotopic (exact) mass is 398 g/mol. The van der Waals surface area contributed by atoms with E-state index in [2.05, 4.69) is 4.98 Å². The van der Waals surface area contributed by atoms with Crippen LogP contribution in [-0.2, 0) is 26.7 Å². The summed E-state index contributed by atoms with van der Waals surface area (Å²) >= 11 is 0. The number of para-hydroxylation sites is 1. The van der Waals surface area contributed by atoms with E-state index >= 15 is 0 Å². The van der Waals surface area contributed by atoms with Gasteiger partial charge in [0.2, 0.25) is 0 Å². The number of nitrogens with zero attached hydrogens (tertiary/aromatic N) is 2. The molecule has 1 N–H and O–H groups in total. The number of fused-ring (bicyclic) bond motifs is 1. The summed E-state index contributed by atoms with van der Waals surface area (Å²) in [7, 11) is 0. The topological polar surface area (TPSA) is 98.2 Å². The third-order valence-corrected chi connectivity index (χ3v) is 5.22. The molecule has 1 aromatic heterocycles. The lowest BCUT2D eigenvalue weighted by atomic mass is 9.96. The molecule has 1 aromatic carbocycles. The molecule has 2 aromatic rings. The molecule has 0 radical (unpaired) electrons. The number of rotatable bonds is 4. The zero-order chi connectivity index (χ0) is 20.6. The van der Waals surface area contributed by atoms with Gasteiger partial charge in [-0.1, -0.05) is 12.1 Å². The van der Waals surface area contributed by atoms with Gasteiger partial charge in [-0.3, -0.25) is 9.78 Å². The highest BCUT2D eigenvalue weighted by atomic mass is 16.7. The van der Waals surface area contributed by atoms with E-state index in [1.54, 1.807) is 25.3 Å². The number of esters is 1. The molecule has 0 amide bonds. The van der Waals surface area contributed by atoms with Crippen molar-refractivity contribution in [2.24, 2.45) is 0 Å². The maximum Gasteiger partial charge on any atom is 0.345 e. The molecule has 0 saturated carbocycles. The van der Waals surface area contributed by atoms with E-state index < -0.39 is 11.9 Å². The fraction of sp³-hybridized carbons (Fsp3) is 0.381. The molecule has 152 valence electrons. The van der Waals surface area contributed by atoms with Crippen molar-refractivity contribution in [3.8, 4) is 5.75 Å². The Kier molecular flexibility index (Phi) is 5.08. The van der Waals surface area contributed by atoms with Crippen molar-refractivity contribution in [3.63, 3.8) is 0 Å². The minimum Gasteiger partial charge on any atom is -0.507 e. The van der Waals surface area contributed by atoms with Gasteiger partial charge < -0.3 is 19.3 Å². The van der Waals surface area contributed by atoms with Crippen LogP contribution >= 0.6 is 0 Å². The molecule has 2 aliphatic rings. The van der Waals surface area contributed by atoms with Gasteiger partial charge in [-0.2, -0.15) is 0 Å². The van der Waals surface area contributed by atoms with Crippen LogP contribution in [0, 0.1) is 6.92 Å². The van der Waals surface area contributed by atoms with E-state index in [-0.39, 0.29) is 23.7 Å². The number of hydrogen-bond acceptors (Lipinski definition) is 8. The highest BCUT2D eigenvalue weighted by molar-refractivity contribution is 5.98. The Bertz CT molecular complexity index is 970. The number of phenols is 1. The zero-order valence-electron chi connectivity index (χ0n) is 16.3. The van der Waals surface area contributed by atoms with Crippen LogP contribution in [-0.4, -0.2) is 53.0 Å². The summed E-state index contributed by atoms with van der Waals surface area (Å²) in [5.74, 6) is -2.71. The van der Waals surface area contributed by atoms with E-state index in [1.165, 1.54) is 19.1 Å². The number of hydrogen-bond donors (Lipinski definition) is 1. The highest BCUT2D eigenvalue weighted by Crippen LogP contribution is 2.44. The molecular weight excluding hydrogens is 376 g/mol. The number of aromatic hydroxyl groups is 1. The van der Waals surface area contributed by atoms with Crippen molar-refractivity contribution in [2.45, 2.75) is 26.4 Å². The number of aromatic nitrogens is 1. The number of pyridine rings is 1. The Morgan fingerprint density at radius 1 is 1.24 bits per heavy atom. The van der Waals surface area contributed by atoms with E-state index in [4.69, 9.17) is 14.2 Å². The number of benzene rings is 1. The van der Waals surface area contributed by atoms with Gasteiger partial charge >= 0.3 is 11.9 Å². The third-order valence-electron chi connectivity index (χ3n) is 5.22. The lowest BCUT2D eigenvalue weighted by Crippen LogP contribution is -2.54. The molecular formula is C21H22N2O6. The SMILES string of the molecule is CC(=O)c1c(C)ncc2c1C(OC(=O)c1ccccc1O)(N1CCOCC1)OC2. The molecule has 1 saturated heterocycles. The van der Waals surface area contributed by atoms with Gasteiger partial charge in [-0.05, 0) is 26.0 Å². The minimum atomic E-state index is -1.59. The predicted molar refractivity (Wildman–Crippen MR) is 101 cm³/mol. The number of Topliss-reactive ketones (excluding diaryl/α,β-unsaturated/α-hetero) is 1. The Labute approximate surface area is 168 Å². The van der Waals surface area contributed by atoms with Gasteiger partial charge in [0.1, 0.15) is 11.3 Å². The van der Waals surface area contributed by atoms with Gasteiger partial charge in [0.15, 0.2) is 5.78 Å². The minimum absolute atomic E-state index is 0.0207. The normalized spacial score (nSPS) is 21.6. The van der Waals surface area contributed by atoms with Crippen LogP contribution in [0.1, 0.15) is 44.5 Å². The fourth-order valence-electron chi connectivity index (χ4n) is 3.87. The van der Waals surface area contributed by atoms with Gasteiger partial charge in [0.25, 0.3) is 0 Å². The van der Waals surface area contributed by atoms with E-state index in [0.29, 0.717) is 48.7 Å². The Morgan fingerprint density at radius 2 is 1.97 bits per heavy atom. The van der Waals surface area contributed by atoms with Crippen LogP contribution in [0.5, 0.6) is 5.75 Å². The second kappa shape index (κ2) is 7.55. The molecule has 8 nitrogen and oxygen atoms in total. The van der Waals surface area contributed by atoms with Crippen molar-refractivity contribution < 1.29 is 28.9 Å². The molecule has 8 heteroatoms. The molecule has 4 rings (SSSR count). The van der Waals surface area contributed by atoms with E-state index in [9.17, 15) is 14.7 Å². The smallest absolute Gasteiger partial charge is 0.345 e. The first-order chi connectivity index (χ1) is 13.9. The maximum atomic E-state index is 13.0. The summed E-state index contributed by atoms with van der Waals surface area (Å²) < 4.78 is 17.5. The van der Waals surface area contributed by atoms with Crippen molar-refractivity contribution in [3.05, 3.63) is 58.4 Å². The number of carbonyl (C=O) groups excluding carboxylic acids is 2. The lowest BCUT2D eigenvalue weighted by Gasteiger charge is -2.41. The standard InChI is InChI=1S/C21H22N2O6/c1-13-18(14(2)24)19-15(11-22-13)12-28-21(19,23-7-9-27-10-8-23)29-20(26)16-5-3-4-6-17(16)25/h3-6,11,25H,7-10,12H2,1-2H3. The lowest BCUT2D eigenvalue weighted by molar-refractivity contribution is -0.303. The molecule has 0 bridgehead atoms. The number of morpholine rings is 1. The summed E-state index contributed by atoms with van der Waals surface area (Å²) in [5.41, 5.74) is 2.14. The average molecular weight is 398 g/mol. The summed E-state index contributed by atoms with van der Waals surface area (Å²) in [5, 5.41) is 10.1. The molecule has 1 fully saturated rings. The Hall–Kier alpha value is -2.81. The summed E-state index contributed by atoms with van der Waals surface area (Å²) in [4.78, 5) is 31.7. The molecule has 1 atom stereocenters. The van der Waals surface area contributed by atoms with Crippen LogP contribution in [0.4, 0.5) is 0 Å². The molecule has 0 aliphatic carbocycles. The third kappa shape index (κ3) is 3.29. The van der Waals surface area contributed by atoms with Crippen LogP contribution in [0.25, 0.3) is 0 Å². The molecule has 3 heterocycles. The average Bonchev–Trinajstić information content (AvgIpc) is 3.08. The van der Waals surface area contributed by atoms with E-state index in [1.807, 2.05) is 4.90 Å². The number of ether oxygens (including phenoxy) is 3. The Balaban J connectivity index is 1.85. The van der Waals surface area contributed by atoms with Gasteiger partial charge in [0.05, 0.1) is 30.9 Å².